The van der Waals surface area contributed by atoms with Crippen LogP contribution in [-0.2, 0) is 16.0 Å². The minimum atomic E-state index is -1.02. The van der Waals surface area contributed by atoms with Gasteiger partial charge in [0, 0.05) is 31.6 Å². The Labute approximate surface area is 196 Å². The molecule has 1 amide bonds. The molecule has 0 aromatic heterocycles. The van der Waals surface area contributed by atoms with E-state index in [-0.39, 0.29) is 12.5 Å². The van der Waals surface area contributed by atoms with Crippen LogP contribution in [0.25, 0.3) is 0 Å². The lowest BCUT2D eigenvalue weighted by molar-refractivity contribution is -0.128. The van der Waals surface area contributed by atoms with Crippen molar-refractivity contribution in [1.29, 1.82) is 0 Å². The minimum absolute atomic E-state index is 0.0983. The van der Waals surface area contributed by atoms with Gasteiger partial charge in [0.15, 0.2) is 5.54 Å². The van der Waals surface area contributed by atoms with E-state index in [1.165, 1.54) is 5.56 Å². The molecule has 0 saturated carbocycles. The van der Waals surface area contributed by atoms with E-state index >= 15 is 0 Å². The van der Waals surface area contributed by atoms with Crippen molar-refractivity contribution in [2.24, 2.45) is 4.99 Å². The summed E-state index contributed by atoms with van der Waals surface area (Å²) < 4.78 is 11.6. The fourth-order valence-electron chi connectivity index (χ4n) is 3.86. The summed E-state index contributed by atoms with van der Waals surface area (Å²) in [5.41, 5.74) is 1.08. The van der Waals surface area contributed by atoms with Crippen LogP contribution in [0.1, 0.15) is 43.7 Å². The molecular formula is C27H34N2O4. The molecular weight excluding hydrogens is 416 g/mol. The highest BCUT2D eigenvalue weighted by atomic mass is 16.5. The zero-order chi connectivity index (χ0) is 23.5. The Morgan fingerprint density at radius 1 is 1.18 bits per heavy atom. The van der Waals surface area contributed by atoms with E-state index in [4.69, 9.17) is 19.6 Å². The molecule has 1 aliphatic rings. The molecule has 2 aromatic rings. The van der Waals surface area contributed by atoms with Gasteiger partial charge in [-0.05, 0) is 56.0 Å². The van der Waals surface area contributed by atoms with E-state index in [0.717, 1.165) is 24.8 Å². The number of aliphatic hydroxyl groups excluding tert-OH is 1. The van der Waals surface area contributed by atoms with Crippen LogP contribution in [0.4, 0.5) is 0 Å². The molecule has 3 rings (SSSR count). The molecule has 2 aromatic carbocycles. The number of nitrogens with zero attached hydrogens (tertiary/aromatic N) is 1. The van der Waals surface area contributed by atoms with Crippen LogP contribution in [0, 0.1) is 0 Å². The summed E-state index contributed by atoms with van der Waals surface area (Å²) in [6, 6.07) is 17.8. The van der Waals surface area contributed by atoms with Crippen molar-refractivity contribution in [3.05, 3.63) is 78.4 Å². The first-order valence-electron chi connectivity index (χ1n) is 11.6. The molecule has 0 radical (unpaired) electrons. The molecule has 0 fully saturated rings. The molecule has 176 valence electrons. The zero-order valence-corrected chi connectivity index (χ0v) is 19.3. The van der Waals surface area contributed by atoms with Crippen LogP contribution in [0.2, 0.25) is 0 Å². The van der Waals surface area contributed by atoms with Gasteiger partial charge in [-0.1, -0.05) is 36.4 Å². The number of amides is 1. The molecule has 0 bridgehead atoms. The summed E-state index contributed by atoms with van der Waals surface area (Å²) >= 11 is 0. The predicted octanol–water partition coefficient (Wildman–Crippen LogP) is 4.07. The van der Waals surface area contributed by atoms with Gasteiger partial charge in [0.2, 0.25) is 5.90 Å². The highest BCUT2D eigenvalue weighted by molar-refractivity contribution is 6.00. The Bertz CT molecular complexity index is 927. The quantitative estimate of drug-likeness (QED) is 0.356. The van der Waals surface area contributed by atoms with E-state index in [1.54, 1.807) is 6.08 Å². The predicted molar refractivity (Wildman–Crippen MR) is 131 cm³/mol. The Hall–Kier alpha value is -3.12. The van der Waals surface area contributed by atoms with Crippen molar-refractivity contribution >= 4 is 11.8 Å². The van der Waals surface area contributed by atoms with Gasteiger partial charge in [-0.15, -0.1) is 6.58 Å². The van der Waals surface area contributed by atoms with Crippen LogP contribution >= 0.6 is 0 Å². The molecule has 0 aliphatic carbocycles. The van der Waals surface area contributed by atoms with Crippen LogP contribution in [0.3, 0.4) is 0 Å². The van der Waals surface area contributed by atoms with Crippen LogP contribution in [-0.4, -0.2) is 48.3 Å². The normalized spacial score (nSPS) is 19.5. The second-order valence-corrected chi connectivity index (χ2v) is 8.24. The number of ether oxygens (including phenoxy) is 2. The molecule has 33 heavy (non-hydrogen) atoms. The molecule has 0 saturated heterocycles. The van der Waals surface area contributed by atoms with Gasteiger partial charge in [-0.3, -0.25) is 4.79 Å². The first kappa shape index (κ1) is 24.5. The summed E-state index contributed by atoms with van der Waals surface area (Å²) in [6.07, 6.45) is 5.20. The molecule has 1 aliphatic heterocycles. The first-order valence-corrected chi connectivity index (χ1v) is 11.6. The third-order valence-corrected chi connectivity index (χ3v) is 5.80. The number of aliphatic hydroxyl groups is 1. The van der Waals surface area contributed by atoms with Gasteiger partial charge in [-0.2, -0.15) is 0 Å². The van der Waals surface area contributed by atoms with Gasteiger partial charge in [0.05, 0.1) is 6.61 Å². The molecule has 2 N–H and O–H groups in total. The molecule has 1 heterocycles. The standard InChI is InChI=1S/C27H34N2O4/c1-3-17-27(26(31)28-18-8-7-12-22-10-5-4-6-11-22)21(2)33-25(29-27)23-13-15-24(16-14-23)32-20-9-19-30/h3-6,10-11,13-16,21,30H,1,7-9,12,17-20H2,2H3,(H,28,31)/t21-,27-/m1/s1. The largest absolute Gasteiger partial charge is 0.494 e. The fraction of sp³-hybridized carbons (Fsp3) is 0.407. The molecule has 2 atom stereocenters. The van der Waals surface area contributed by atoms with Crippen molar-refractivity contribution in [2.75, 3.05) is 19.8 Å². The monoisotopic (exact) mass is 450 g/mol. The number of aliphatic imine (C=N–C) groups is 1. The van der Waals surface area contributed by atoms with Gasteiger partial charge >= 0.3 is 0 Å². The van der Waals surface area contributed by atoms with E-state index in [9.17, 15) is 4.79 Å². The number of nitrogens with one attached hydrogen (secondary N) is 1. The van der Waals surface area contributed by atoms with E-state index in [0.29, 0.717) is 37.6 Å². The molecule has 6 heteroatoms. The van der Waals surface area contributed by atoms with Gasteiger partial charge in [-0.25, -0.2) is 4.99 Å². The third-order valence-electron chi connectivity index (χ3n) is 5.80. The van der Waals surface area contributed by atoms with Crippen LogP contribution < -0.4 is 10.1 Å². The van der Waals surface area contributed by atoms with Gasteiger partial charge in [0.25, 0.3) is 5.91 Å². The smallest absolute Gasteiger partial charge is 0.252 e. The lowest BCUT2D eigenvalue weighted by Crippen LogP contribution is -2.50. The number of carbonyl (C=O) groups is 1. The molecule has 0 spiro atoms. The van der Waals surface area contributed by atoms with Gasteiger partial charge < -0.3 is 19.9 Å². The Balaban J connectivity index is 1.60. The van der Waals surface area contributed by atoms with Gasteiger partial charge in [0.1, 0.15) is 11.9 Å². The number of benzene rings is 2. The second kappa shape index (κ2) is 12.2. The average molecular weight is 451 g/mol. The number of hydrogen-bond donors (Lipinski definition) is 2. The first-order chi connectivity index (χ1) is 16.1. The third kappa shape index (κ3) is 6.45. The van der Waals surface area contributed by atoms with E-state index < -0.39 is 11.6 Å². The Morgan fingerprint density at radius 2 is 1.94 bits per heavy atom. The lowest BCUT2D eigenvalue weighted by atomic mass is 9.89. The zero-order valence-electron chi connectivity index (χ0n) is 19.3. The Kier molecular flexibility index (Phi) is 9.07. The van der Waals surface area contributed by atoms with Crippen molar-refractivity contribution in [3.8, 4) is 5.75 Å². The average Bonchev–Trinajstić information content (AvgIpc) is 3.17. The summed E-state index contributed by atoms with van der Waals surface area (Å²) in [5.74, 6) is 1.03. The van der Waals surface area contributed by atoms with Crippen molar-refractivity contribution in [1.82, 2.24) is 5.32 Å². The Morgan fingerprint density at radius 3 is 2.64 bits per heavy atom. The summed E-state index contributed by atoms with van der Waals surface area (Å²) in [5, 5.41) is 11.9. The SMILES string of the molecule is C=CC[C@@]1(C(=O)NCCCCc2ccccc2)N=C(c2ccc(OCCCO)cc2)O[C@@H]1C. The molecule has 0 unspecified atom stereocenters. The summed E-state index contributed by atoms with van der Waals surface area (Å²) in [6.45, 7) is 6.87. The highest BCUT2D eigenvalue weighted by Crippen LogP contribution is 2.32. The van der Waals surface area contributed by atoms with Crippen LogP contribution in [0.15, 0.2) is 72.2 Å². The van der Waals surface area contributed by atoms with Crippen LogP contribution in [0.5, 0.6) is 5.75 Å². The summed E-state index contributed by atoms with van der Waals surface area (Å²) in [4.78, 5) is 17.9. The number of hydrogen-bond acceptors (Lipinski definition) is 5. The van der Waals surface area contributed by atoms with Crippen molar-refractivity contribution < 1.29 is 19.4 Å². The fourth-order valence-corrected chi connectivity index (χ4v) is 3.86. The highest BCUT2D eigenvalue weighted by Gasteiger charge is 2.49. The molecule has 6 nitrogen and oxygen atoms in total. The maximum atomic E-state index is 13.2. The van der Waals surface area contributed by atoms with E-state index in [2.05, 4.69) is 24.0 Å². The lowest BCUT2D eigenvalue weighted by Gasteiger charge is -2.26. The topological polar surface area (TPSA) is 80.2 Å². The number of rotatable bonds is 13. The maximum Gasteiger partial charge on any atom is 0.252 e. The second-order valence-electron chi connectivity index (χ2n) is 8.24. The van der Waals surface area contributed by atoms with E-state index in [1.807, 2.05) is 49.4 Å². The van der Waals surface area contributed by atoms with Crippen molar-refractivity contribution in [3.63, 3.8) is 0 Å². The maximum absolute atomic E-state index is 13.2. The number of unbranched alkanes of at least 4 members (excludes halogenated alkanes) is 1. The summed E-state index contributed by atoms with van der Waals surface area (Å²) in [7, 11) is 0. The minimum Gasteiger partial charge on any atom is -0.494 e. The van der Waals surface area contributed by atoms with Crippen molar-refractivity contribution in [2.45, 2.75) is 50.7 Å². The number of aryl methyl sites for hydroxylation is 1. The number of carbonyl (C=O) groups excluding carboxylic acids is 1.